The van der Waals surface area contributed by atoms with E-state index in [1.165, 1.54) is 18.6 Å². The fraction of sp³-hybridized carbons (Fsp3) is 0.292. The van der Waals surface area contributed by atoms with Gasteiger partial charge in [0, 0.05) is 10.4 Å². The number of ether oxygens (including phenoxy) is 2. The second-order valence-corrected chi connectivity index (χ2v) is 8.39. The largest absolute Gasteiger partial charge is 0.468 e. The second kappa shape index (κ2) is 8.03. The van der Waals surface area contributed by atoms with Gasteiger partial charge >= 0.3 is 11.9 Å². The molecule has 0 saturated heterocycles. The SMILES string of the molecule is CCOC(=O)c1c(-c2ccc(-c3ccc(C4(C(=O)OC)CC4)cc3)cc2)nsc1C. The number of methoxy groups -OCH3 is 1. The summed E-state index contributed by atoms with van der Waals surface area (Å²) >= 11 is 1.31. The van der Waals surface area contributed by atoms with Gasteiger partial charge in [0.05, 0.1) is 24.8 Å². The van der Waals surface area contributed by atoms with Crippen molar-refractivity contribution in [1.29, 1.82) is 0 Å². The van der Waals surface area contributed by atoms with E-state index in [4.69, 9.17) is 9.47 Å². The molecule has 4 rings (SSSR count). The number of aryl methyl sites for hydroxylation is 1. The molecule has 2 aromatic carbocycles. The molecule has 1 heterocycles. The molecule has 0 radical (unpaired) electrons. The maximum atomic E-state index is 12.3. The van der Waals surface area contributed by atoms with Crippen LogP contribution in [0.5, 0.6) is 0 Å². The first kappa shape index (κ1) is 20.3. The van der Waals surface area contributed by atoms with Crippen molar-refractivity contribution in [2.75, 3.05) is 13.7 Å². The number of carbonyl (C=O) groups is 2. The van der Waals surface area contributed by atoms with Gasteiger partial charge in [-0.05, 0) is 54.9 Å². The Kier molecular flexibility index (Phi) is 5.43. The average molecular weight is 422 g/mol. The Morgan fingerprint density at radius 3 is 2.10 bits per heavy atom. The first-order valence-electron chi connectivity index (χ1n) is 9.93. The third-order valence-corrected chi connectivity index (χ3v) is 6.35. The van der Waals surface area contributed by atoms with Crippen LogP contribution in [0.4, 0.5) is 0 Å². The number of hydrogen-bond donors (Lipinski definition) is 0. The second-order valence-electron chi connectivity index (χ2n) is 7.41. The molecule has 0 aliphatic heterocycles. The Morgan fingerprint density at radius 1 is 1.00 bits per heavy atom. The lowest BCUT2D eigenvalue weighted by Gasteiger charge is -2.13. The quantitative estimate of drug-likeness (QED) is 0.514. The summed E-state index contributed by atoms with van der Waals surface area (Å²) in [5.74, 6) is -0.492. The maximum absolute atomic E-state index is 12.3. The van der Waals surface area contributed by atoms with E-state index < -0.39 is 5.41 Å². The number of esters is 2. The third-order valence-electron chi connectivity index (χ3n) is 5.60. The lowest BCUT2D eigenvalue weighted by molar-refractivity contribution is -0.143. The summed E-state index contributed by atoms with van der Waals surface area (Å²) in [6.45, 7) is 4.01. The third kappa shape index (κ3) is 3.52. The van der Waals surface area contributed by atoms with Crippen LogP contribution >= 0.6 is 11.5 Å². The zero-order valence-electron chi connectivity index (χ0n) is 17.2. The first-order valence-corrected chi connectivity index (χ1v) is 10.7. The minimum atomic E-state index is -0.455. The Labute approximate surface area is 179 Å². The Bertz CT molecular complexity index is 1080. The molecule has 6 heteroatoms. The molecule has 1 aromatic heterocycles. The lowest BCUT2D eigenvalue weighted by Crippen LogP contribution is -2.21. The maximum Gasteiger partial charge on any atom is 0.341 e. The monoisotopic (exact) mass is 421 g/mol. The molecule has 30 heavy (non-hydrogen) atoms. The molecule has 0 unspecified atom stereocenters. The molecule has 0 atom stereocenters. The van der Waals surface area contributed by atoms with E-state index >= 15 is 0 Å². The predicted molar refractivity (Wildman–Crippen MR) is 117 cm³/mol. The van der Waals surface area contributed by atoms with Gasteiger partial charge in [-0.15, -0.1) is 0 Å². The summed E-state index contributed by atoms with van der Waals surface area (Å²) < 4.78 is 14.6. The molecule has 1 aliphatic rings. The highest BCUT2D eigenvalue weighted by molar-refractivity contribution is 7.06. The minimum absolute atomic E-state index is 0.157. The zero-order valence-corrected chi connectivity index (χ0v) is 18.0. The molecular weight excluding hydrogens is 398 g/mol. The highest BCUT2D eigenvalue weighted by atomic mass is 32.1. The van der Waals surface area contributed by atoms with Crippen molar-refractivity contribution in [2.45, 2.75) is 32.1 Å². The van der Waals surface area contributed by atoms with Gasteiger partial charge in [0.1, 0.15) is 5.56 Å². The van der Waals surface area contributed by atoms with Crippen molar-refractivity contribution in [3.63, 3.8) is 0 Å². The van der Waals surface area contributed by atoms with E-state index in [1.54, 1.807) is 6.92 Å². The van der Waals surface area contributed by atoms with Crippen molar-refractivity contribution in [2.24, 2.45) is 0 Å². The van der Waals surface area contributed by atoms with Crippen molar-refractivity contribution in [3.8, 4) is 22.4 Å². The highest BCUT2D eigenvalue weighted by Gasteiger charge is 2.52. The molecular formula is C24H23NO4S. The van der Waals surface area contributed by atoms with E-state index in [9.17, 15) is 9.59 Å². The van der Waals surface area contributed by atoms with Crippen LogP contribution in [-0.2, 0) is 19.7 Å². The van der Waals surface area contributed by atoms with Crippen LogP contribution in [0.15, 0.2) is 48.5 Å². The fourth-order valence-corrected chi connectivity index (χ4v) is 4.44. The number of nitrogens with zero attached hydrogens (tertiary/aromatic N) is 1. The number of aromatic nitrogens is 1. The summed E-state index contributed by atoms with van der Waals surface area (Å²) in [5, 5.41) is 0. The van der Waals surface area contributed by atoms with Gasteiger partial charge < -0.3 is 9.47 Å². The van der Waals surface area contributed by atoms with Crippen molar-refractivity contribution < 1.29 is 19.1 Å². The summed E-state index contributed by atoms with van der Waals surface area (Å²) in [5.41, 5.74) is 4.74. The molecule has 5 nitrogen and oxygen atoms in total. The smallest absolute Gasteiger partial charge is 0.341 e. The average Bonchev–Trinajstić information content (AvgIpc) is 3.50. The molecule has 0 N–H and O–H groups in total. The first-order chi connectivity index (χ1) is 14.5. The van der Waals surface area contributed by atoms with E-state index in [-0.39, 0.29) is 11.9 Å². The summed E-state index contributed by atoms with van der Waals surface area (Å²) in [6, 6.07) is 16.1. The molecule has 0 amide bonds. The minimum Gasteiger partial charge on any atom is -0.468 e. The van der Waals surface area contributed by atoms with Crippen LogP contribution in [0.1, 0.15) is 40.6 Å². The van der Waals surface area contributed by atoms with Gasteiger partial charge in [0.25, 0.3) is 0 Å². The van der Waals surface area contributed by atoms with Crippen LogP contribution in [-0.4, -0.2) is 30.0 Å². The Morgan fingerprint density at radius 2 is 1.57 bits per heavy atom. The standard InChI is InChI=1S/C24H23NO4S/c1-4-29-22(26)20-15(2)30-25-21(20)18-7-5-16(6-8-18)17-9-11-19(12-10-17)24(13-14-24)23(27)28-3/h5-12H,4,13-14H2,1-3H3. The molecule has 154 valence electrons. The van der Waals surface area contributed by atoms with E-state index in [1.807, 2.05) is 55.5 Å². The normalized spacial score (nSPS) is 14.2. The summed E-state index contributed by atoms with van der Waals surface area (Å²) in [4.78, 5) is 25.2. The molecule has 1 saturated carbocycles. The van der Waals surface area contributed by atoms with Gasteiger partial charge in [-0.1, -0.05) is 48.5 Å². The van der Waals surface area contributed by atoms with Crippen molar-refractivity contribution in [3.05, 3.63) is 64.5 Å². The number of carbonyl (C=O) groups excluding carboxylic acids is 2. The Balaban J connectivity index is 1.58. The van der Waals surface area contributed by atoms with E-state index in [2.05, 4.69) is 4.37 Å². The van der Waals surface area contributed by atoms with Crippen LogP contribution in [0.25, 0.3) is 22.4 Å². The van der Waals surface area contributed by atoms with Gasteiger partial charge in [-0.2, -0.15) is 4.37 Å². The number of rotatable bonds is 6. The fourth-order valence-electron chi connectivity index (χ4n) is 3.75. The molecule has 0 bridgehead atoms. The summed E-state index contributed by atoms with van der Waals surface area (Å²) in [7, 11) is 1.44. The van der Waals surface area contributed by atoms with Crippen LogP contribution in [0.2, 0.25) is 0 Å². The van der Waals surface area contributed by atoms with Crippen LogP contribution < -0.4 is 0 Å². The summed E-state index contributed by atoms with van der Waals surface area (Å²) in [6.07, 6.45) is 1.67. The topological polar surface area (TPSA) is 65.5 Å². The van der Waals surface area contributed by atoms with Crippen LogP contribution in [0.3, 0.4) is 0 Å². The molecule has 3 aromatic rings. The van der Waals surface area contributed by atoms with Gasteiger partial charge in [0.2, 0.25) is 0 Å². The predicted octanol–water partition coefficient (Wildman–Crippen LogP) is 5.17. The molecule has 1 fully saturated rings. The highest BCUT2D eigenvalue weighted by Crippen LogP contribution is 2.49. The van der Waals surface area contributed by atoms with Crippen molar-refractivity contribution >= 4 is 23.5 Å². The van der Waals surface area contributed by atoms with E-state index in [0.29, 0.717) is 17.9 Å². The number of hydrogen-bond acceptors (Lipinski definition) is 6. The van der Waals surface area contributed by atoms with Gasteiger partial charge in [0.15, 0.2) is 0 Å². The molecule has 0 spiro atoms. The van der Waals surface area contributed by atoms with Gasteiger partial charge in [-0.3, -0.25) is 4.79 Å². The molecule has 1 aliphatic carbocycles. The lowest BCUT2D eigenvalue weighted by atomic mass is 9.93. The Hall–Kier alpha value is -2.99. The van der Waals surface area contributed by atoms with E-state index in [0.717, 1.165) is 40.0 Å². The zero-order chi connectivity index (χ0) is 21.3. The van der Waals surface area contributed by atoms with Gasteiger partial charge in [-0.25, -0.2) is 4.79 Å². The van der Waals surface area contributed by atoms with Crippen LogP contribution in [0, 0.1) is 6.92 Å². The van der Waals surface area contributed by atoms with Crippen molar-refractivity contribution in [1.82, 2.24) is 4.37 Å². The number of benzene rings is 2.